The molecule has 2 aromatic carbocycles. The number of benzene rings is 2. The molecule has 7 heteroatoms. The Labute approximate surface area is 157 Å². The van der Waals surface area contributed by atoms with Gasteiger partial charge in [0.1, 0.15) is 0 Å². The van der Waals surface area contributed by atoms with Crippen molar-refractivity contribution in [3.63, 3.8) is 0 Å². The van der Waals surface area contributed by atoms with Crippen LogP contribution in [-0.2, 0) is 13.0 Å². The molecule has 2 N–H and O–H groups in total. The highest BCUT2D eigenvalue weighted by Crippen LogP contribution is 2.21. The van der Waals surface area contributed by atoms with Gasteiger partial charge in [-0.25, -0.2) is 4.79 Å². The van der Waals surface area contributed by atoms with Crippen LogP contribution in [0.3, 0.4) is 0 Å². The molecule has 1 heterocycles. The molecule has 3 aromatic rings. The molecule has 0 amide bonds. The van der Waals surface area contributed by atoms with Gasteiger partial charge in [0.2, 0.25) is 5.69 Å². The SMILES string of the molecule is CCc1ccc(-n2nc(C(=O)O)c(N(CCO)Cc3ccccc3)n2)cc1. The quantitative estimate of drug-likeness (QED) is 0.637. The molecule has 0 saturated heterocycles. The lowest BCUT2D eigenvalue weighted by atomic mass is 10.2. The number of carboxylic acid groups (broad SMARTS) is 1. The van der Waals surface area contributed by atoms with Gasteiger partial charge in [-0.1, -0.05) is 49.4 Å². The minimum atomic E-state index is -1.16. The van der Waals surface area contributed by atoms with E-state index in [0.29, 0.717) is 12.2 Å². The predicted molar refractivity (Wildman–Crippen MR) is 102 cm³/mol. The predicted octanol–water partition coefficient (Wildman–Crippen LogP) is 2.53. The maximum absolute atomic E-state index is 11.7. The van der Waals surface area contributed by atoms with E-state index in [1.807, 2.05) is 54.6 Å². The molecule has 0 spiro atoms. The average molecular weight is 366 g/mol. The Balaban J connectivity index is 1.98. The standard InChI is InChI=1S/C20H22N4O3/c1-2-15-8-10-17(11-9-15)24-21-18(20(26)27)19(22-24)23(12-13-25)14-16-6-4-3-5-7-16/h3-11,25H,2,12-14H2,1H3,(H,26,27). The van der Waals surface area contributed by atoms with E-state index >= 15 is 0 Å². The smallest absolute Gasteiger partial charge is 0.360 e. The van der Waals surface area contributed by atoms with E-state index in [0.717, 1.165) is 12.0 Å². The van der Waals surface area contributed by atoms with E-state index < -0.39 is 5.97 Å². The van der Waals surface area contributed by atoms with Gasteiger partial charge in [0.25, 0.3) is 0 Å². The van der Waals surface area contributed by atoms with Gasteiger partial charge in [0.05, 0.1) is 12.3 Å². The number of aryl methyl sites for hydroxylation is 1. The van der Waals surface area contributed by atoms with Gasteiger partial charge in [-0.3, -0.25) is 0 Å². The van der Waals surface area contributed by atoms with Gasteiger partial charge in [-0.2, -0.15) is 0 Å². The number of aromatic nitrogens is 3. The number of nitrogens with zero attached hydrogens (tertiary/aromatic N) is 4. The summed E-state index contributed by atoms with van der Waals surface area (Å²) in [7, 11) is 0. The zero-order valence-corrected chi connectivity index (χ0v) is 15.1. The summed E-state index contributed by atoms with van der Waals surface area (Å²) in [5, 5.41) is 27.6. The van der Waals surface area contributed by atoms with Gasteiger partial charge >= 0.3 is 5.97 Å². The Kier molecular flexibility index (Phi) is 5.83. The summed E-state index contributed by atoms with van der Waals surface area (Å²) in [5.74, 6) is -0.919. The van der Waals surface area contributed by atoms with Crippen LogP contribution >= 0.6 is 0 Å². The number of rotatable bonds is 8. The third kappa shape index (κ3) is 4.32. The molecule has 27 heavy (non-hydrogen) atoms. The van der Waals surface area contributed by atoms with Gasteiger partial charge < -0.3 is 15.1 Å². The lowest BCUT2D eigenvalue weighted by molar-refractivity contribution is 0.0690. The molecule has 140 valence electrons. The summed E-state index contributed by atoms with van der Waals surface area (Å²) in [6.45, 7) is 2.62. The molecular weight excluding hydrogens is 344 g/mol. The van der Waals surface area contributed by atoms with Crippen LogP contribution in [0.25, 0.3) is 5.69 Å². The number of hydrogen-bond acceptors (Lipinski definition) is 5. The monoisotopic (exact) mass is 366 g/mol. The van der Waals surface area contributed by atoms with E-state index in [1.54, 1.807) is 4.90 Å². The minimum Gasteiger partial charge on any atom is -0.476 e. The van der Waals surface area contributed by atoms with E-state index in [9.17, 15) is 15.0 Å². The fraction of sp³-hybridized carbons (Fsp3) is 0.250. The third-order valence-electron chi connectivity index (χ3n) is 4.26. The Morgan fingerprint density at radius 3 is 2.33 bits per heavy atom. The number of anilines is 1. The van der Waals surface area contributed by atoms with Crippen molar-refractivity contribution in [2.75, 3.05) is 18.1 Å². The fourth-order valence-electron chi connectivity index (χ4n) is 2.82. The number of carbonyl (C=O) groups is 1. The third-order valence-corrected chi connectivity index (χ3v) is 4.26. The second kappa shape index (κ2) is 8.46. The molecule has 0 radical (unpaired) electrons. The topological polar surface area (TPSA) is 91.5 Å². The lowest BCUT2D eigenvalue weighted by Crippen LogP contribution is -2.28. The number of aromatic carboxylic acids is 1. The number of aliphatic hydroxyl groups is 1. The molecule has 0 atom stereocenters. The molecule has 1 aromatic heterocycles. The van der Waals surface area contributed by atoms with Gasteiger partial charge in [0, 0.05) is 13.1 Å². The van der Waals surface area contributed by atoms with Crippen LogP contribution in [0, 0.1) is 0 Å². The van der Waals surface area contributed by atoms with Crippen LogP contribution in [0.5, 0.6) is 0 Å². The van der Waals surface area contributed by atoms with E-state index in [4.69, 9.17) is 0 Å². The van der Waals surface area contributed by atoms with Gasteiger partial charge in [-0.15, -0.1) is 15.0 Å². The number of aliphatic hydroxyl groups excluding tert-OH is 1. The lowest BCUT2D eigenvalue weighted by Gasteiger charge is -2.21. The number of carboxylic acids is 1. The largest absolute Gasteiger partial charge is 0.476 e. The first-order valence-corrected chi connectivity index (χ1v) is 8.82. The second-order valence-corrected chi connectivity index (χ2v) is 6.12. The minimum absolute atomic E-state index is 0.121. The summed E-state index contributed by atoms with van der Waals surface area (Å²) in [6.07, 6.45) is 0.916. The maximum Gasteiger partial charge on any atom is 0.360 e. The molecule has 0 saturated carbocycles. The summed E-state index contributed by atoms with van der Waals surface area (Å²) >= 11 is 0. The Hall–Kier alpha value is -3.19. The zero-order chi connectivity index (χ0) is 19.2. The van der Waals surface area contributed by atoms with Crippen molar-refractivity contribution in [2.24, 2.45) is 0 Å². The van der Waals surface area contributed by atoms with E-state index in [-0.39, 0.29) is 24.7 Å². The van der Waals surface area contributed by atoms with Gasteiger partial charge in [-0.05, 0) is 29.7 Å². The molecular formula is C20H22N4O3. The van der Waals surface area contributed by atoms with Crippen molar-refractivity contribution >= 4 is 11.8 Å². The van der Waals surface area contributed by atoms with E-state index in [2.05, 4.69) is 17.1 Å². The van der Waals surface area contributed by atoms with Crippen LogP contribution in [0.4, 0.5) is 5.82 Å². The van der Waals surface area contributed by atoms with Crippen molar-refractivity contribution in [1.82, 2.24) is 15.0 Å². The van der Waals surface area contributed by atoms with Crippen molar-refractivity contribution in [2.45, 2.75) is 19.9 Å². The van der Waals surface area contributed by atoms with Crippen molar-refractivity contribution in [1.29, 1.82) is 0 Å². The average Bonchev–Trinajstić information content (AvgIpc) is 3.14. The normalized spacial score (nSPS) is 10.7. The van der Waals surface area contributed by atoms with Crippen LogP contribution < -0.4 is 4.90 Å². The van der Waals surface area contributed by atoms with Gasteiger partial charge in [0.15, 0.2) is 5.82 Å². The highest BCUT2D eigenvalue weighted by molar-refractivity contribution is 5.91. The molecule has 7 nitrogen and oxygen atoms in total. The van der Waals surface area contributed by atoms with Crippen LogP contribution in [0.2, 0.25) is 0 Å². The van der Waals surface area contributed by atoms with Crippen LogP contribution in [0.1, 0.15) is 28.5 Å². The summed E-state index contributed by atoms with van der Waals surface area (Å²) in [4.78, 5) is 14.8. The summed E-state index contributed by atoms with van der Waals surface area (Å²) in [6, 6.07) is 17.3. The van der Waals surface area contributed by atoms with Crippen molar-refractivity contribution in [3.8, 4) is 5.69 Å². The zero-order valence-electron chi connectivity index (χ0n) is 15.1. The second-order valence-electron chi connectivity index (χ2n) is 6.12. The molecule has 3 rings (SSSR count). The molecule has 0 unspecified atom stereocenters. The molecule has 0 aliphatic carbocycles. The molecule has 0 fully saturated rings. The summed E-state index contributed by atoms with van der Waals surface area (Å²) in [5.41, 5.74) is 2.71. The first-order chi connectivity index (χ1) is 13.1. The highest BCUT2D eigenvalue weighted by Gasteiger charge is 2.23. The first kappa shape index (κ1) is 18.6. The first-order valence-electron chi connectivity index (χ1n) is 8.82. The molecule has 0 bridgehead atoms. The maximum atomic E-state index is 11.7. The highest BCUT2D eigenvalue weighted by atomic mass is 16.4. The Bertz CT molecular complexity index is 891. The summed E-state index contributed by atoms with van der Waals surface area (Å²) < 4.78 is 0. The fourth-order valence-corrected chi connectivity index (χ4v) is 2.82. The molecule has 0 aliphatic rings. The van der Waals surface area contributed by atoms with Crippen molar-refractivity contribution in [3.05, 3.63) is 71.4 Å². The van der Waals surface area contributed by atoms with Crippen LogP contribution in [0.15, 0.2) is 54.6 Å². The van der Waals surface area contributed by atoms with Crippen molar-refractivity contribution < 1.29 is 15.0 Å². The Morgan fingerprint density at radius 1 is 1.04 bits per heavy atom. The molecule has 0 aliphatic heterocycles. The number of hydrogen-bond donors (Lipinski definition) is 2. The van der Waals surface area contributed by atoms with Crippen LogP contribution in [-0.4, -0.2) is 44.3 Å². The van der Waals surface area contributed by atoms with E-state index in [1.165, 1.54) is 10.4 Å². The Morgan fingerprint density at radius 2 is 1.74 bits per heavy atom.